The number of nitrogens with two attached hydrogens (primary N) is 1. The fourth-order valence-corrected chi connectivity index (χ4v) is 8.85. The number of ether oxygens (including phenoxy) is 6. The highest BCUT2D eigenvalue weighted by atomic mass is 35.5. The number of pyridine rings is 2. The third kappa shape index (κ3) is 14.8. The van der Waals surface area contributed by atoms with Gasteiger partial charge in [0.2, 0.25) is 0 Å². The minimum atomic E-state index is 0.0646. The number of rotatable bonds is 12. The molecule has 75 heavy (non-hydrogen) atoms. The number of hydrogen-bond acceptors (Lipinski definition) is 20. The third-order valence-corrected chi connectivity index (χ3v) is 13.2. The lowest BCUT2D eigenvalue weighted by Gasteiger charge is -2.33. The van der Waals surface area contributed by atoms with Gasteiger partial charge in [0, 0.05) is 120 Å². The van der Waals surface area contributed by atoms with Crippen molar-refractivity contribution in [1.29, 1.82) is 10.5 Å². The maximum Gasteiger partial charge on any atom is 0.171 e. The number of hydrogen-bond donors (Lipinski definition) is 2. The van der Waals surface area contributed by atoms with Crippen molar-refractivity contribution in [2.24, 2.45) is 0 Å². The topological polar surface area (TPSA) is 231 Å². The Morgan fingerprint density at radius 1 is 0.587 bits per heavy atom. The molecule has 4 aliphatic heterocycles. The van der Waals surface area contributed by atoms with E-state index >= 15 is 0 Å². The number of halogens is 1. The summed E-state index contributed by atoms with van der Waals surface area (Å²) in [7, 11) is 7.56. The van der Waals surface area contributed by atoms with Gasteiger partial charge in [0.1, 0.15) is 60.1 Å². The van der Waals surface area contributed by atoms with Crippen LogP contribution in [0.4, 0.5) is 29.0 Å². The van der Waals surface area contributed by atoms with Gasteiger partial charge in [-0.15, -0.1) is 0 Å². The quantitative estimate of drug-likeness (QED) is 0.124. The molecule has 10 rings (SSSR count). The number of anilines is 5. The van der Waals surface area contributed by atoms with Crippen LogP contribution in [0.25, 0.3) is 22.5 Å². The van der Waals surface area contributed by atoms with Crippen LogP contribution in [0.15, 0.2) is 85.7 Å². The molecule has 0 radical (unpaired) electrons. The van der Waals surface area contributed by atoms with Gasteiger partial charge in [0.15, 0.2) is 23.1 Å². The number of nitrogens with zero attached hydrogens (tertiary/aromatic N) is 12. The molecule has 2 aromatic carbocycles. The Bertz CT molecular complexity index is 2910. The zero-order chi connectivity index (χ0) is 52.5. The molecule has 0 aliphatic carbocycles. The average Bonchev–Trinajstić information content (AvgIpc) is 3.45. The highest BCUT2D eigenvalue weighted by Crippen LogP contribution is 2.33. The SMILES string of the molecule is COc1cc(Cl)cnc1N1CCN(C)CC1.COc1cc(Nc2cc(-c3ccc(OC4CCOCC4)c(C#N)c3)ncn2)cnc1N1CCN(C)CC1.N#Cc1cc(-c2cc(N)ncn2)ccc1OC1CCOCC1. The molecule has 8 heterocycles. The third-order valence-electron chi connectivity index (χ3n) is 13.0. The van der Waals surface area contributed by atoms with Gasteiger partial charge in [-0.05, 0) is 50.5 Å². The Kier molecular flexibility index (Phi) is 19.0. The fraction of sp³-hybridized carbons (Fsp3) is 0.407. The summed E-state index contributed by atoms with van der Waals surface area (Å²) < 4.78 is 33.7. The van der Waals surface area contributed by atoms with Crippen molar-refractivity contribution in [3.8, 4) is 57.7 Å². The van der Waals surface area contributed by atoms with Crippen molar-refractivity contribution < 1.29 is 28.4 Å². The largest absolute Gasteiger partial charge is 0.493 e. The number of nitriles is 2. The molecule has 21 heteroatoms. The maximum atomic E-state index is 9.72. The number of nitrogens with one attached hydrogen (secondary N) is 1. The molecule has 392 valence electrons. The van der Waals surface area contributed by atoms with Gasteiger partial charge in [-0.2, -0.15) is 10.5 Å². The molecule has 4 fully saturated rings. The summed E-state index contributed by atoms with van der Waals surface area (Å²) in [6, 6.07) is 22.7. The smallest absolute Gasteiger partial charge is 0.171 e. The summed E-state index contributed by atoms with van der Waals surface area (Å²) >= 11 is 5.89. The predicted molar refractivity (Wildman–Crippen MR) is 287 cm³/mol. The van der Waals surface area contributed by atoms with Crippen molar-refractivity contribution in [3.63, 3.8) is 0 Å². The van der Waals surface area contributed by atoms with Crippen LogP contribution in [-0.4, -0.2) is 159 Å². The second kappa shape index (κ2) is 26.6. The molecule has 6 aromatic rings. The van der Waals surface area contributed by atoms with E-state index < -0.39 is 0 Å². The molecule has 3 N–H and O–H groups in total. The molecule has 4 aromatic heterocycles. The molecule has 0 unspecified atom stereocenters. The van der Waals surface area contributed by atoms with Gasteiger partial charge >= 0.3 is 0 Å². The Balaban J connectivity index is 0.000000166. The molecule has 4 saturated heterocycles. The van der Waals surface area contributed by atoms with E-state index in [9.17, 15) is 10.5 Å². The zero-order valence-corrected chi connectivity index (χ0v) is 43.6. The normalized spacial score (nSPS) is 16.5. The van der Waals surface area contributed by atoms with E-state index in [0.29, 0.717) is 82.8 Å². The lowest BCUT2D eigenvalue weighted by molar-refractivity contribution is 0.0252. The first-order valence-electron chi connectivity index (χ1n) is 24.9. The molecule has 0 atom stereocenters. The zero-order valence-electron chi connectivity index (χ0n) is 42.8. The summed E-state index contributed by atoms with van der Waals surface area (Å²) in [5.41, 5.74) is 10.4. The molecule has 4 aliphatic rings. The summed E-state index contributed by atoms with van der Waals surface area (Å²) in [4.78, 5) is 34.9. The molecule has 0 saturated carbocycles. The summed E-state index contributed by atoms with van der Waals surface area (Å²) in [6.07, 6.45) is 9.85. The Morgan fingerprint density at radius 3 is 1.56 bits per heavy atom. The molecule has 0 spiro atoms. The lowest BCUT2D eigenvalue weighted by Crippen LogP contribution is -2.44. The van der Waals surface area contributed by atoms with Crippen molar-refractivity contribution in [2.45, 2.75) is 37.9 Å². The number of aromatic nitrogens is 6. The number of nitrogen functional groups attached to an aromatic ring is 1. The van der Waals surface area contributed by atoms with E-state index in [-0.39, 0.29) is 12.2 Å². The van der Waals surface area contributed by atoms with Crippen LogP contribution in [0.2, 0.25) is 5.02 Å². The van der Waals surface area contributed by atoms with Crippen molar-refractivity contribution >= 4 is 40.6 Å². The van der Waals surface area contributed by atoms with E-state index in [1.807, 2.05) is 42.5 Å². The van der Waals surface area contributed by atoms with E-state index in [1.54, 1.807) is 44.8 Å². The van der Waals surface area contributed by atoms with Gasteiger partial charge in [0.05, 0.1) is 80.1 Å². The Labute approximate surface area is 442 Å². The van der Waals surface area contributed by atoms with Crippen LogP contribution in [0.1, 0.15) is 36.8 Å². The van der Waals surface area contributed by atoms with Crippen LogP contribution in [-0.2, 0) is 9.47 Å². The van der Waals surface area contributed by atoms with Gasteiger partial charge < -0.3 is 59.1 Å². The fourth-order valence-electron chi connectivity index (χ4n) is 8.70. The minimum Gasteiger partial charge on any atom is -0.493 e. The highest BCUT2D eigenvalue weighted by molar-refractivity contribution is 6.30. The van der Waals surface area contributed by atoms with E-state index in [2.05, 4.69) is 81.1 Å². The number of methoxy groups -OCH3 is 2. The lowest BCUT2D eigenvalue weighted by atomic mass is 10.1. The first kappa shape index (κ1) is 53.7. The van der Waals surface area contributed by atoms with Gasteiger partial charge in [-0.25, -0.2) is 29.9 Å². The first-order valence-corrected chi connectivity index (χ1v) is 25.3. The first-order chi connectivity index (χ1) is 36.6. The molecular weight excluding hydrogens is 976 g/mol. The van der Waals surface area contributed by atoms with Crippen LogP contribution in [0, 0.1) is 22.7 Å². The van der Waals surface area contributed by atoms with Gasteiger partial charge in [-0.1, -0.05) is 11.6 Å². The number of benzene rings is 2. The maximum absolute atomic E-state index is 9.72. The van der Waals surface area contributed by atoms with Crippen molar-refractivity contribution in [1.82, 2.24) is 39.7 Å². The molecule has 20 nitrogen and oxygen atoms in total. The van der Waals surface area contributed by atoms with Crippen LogP contribution in [0.5, 0.6) is 23.0 Å². The van der Waals surface area contributed by atoms with E-state index in [0.717, 1.165) is 112 Å². The summed E-state index contributed by atoms with van der Waals surface area (Å²) in [5, 5.41) is 23.0. The summed E-state index contributed by atoms with van der Waals surface area (Å²) in [5.74, 6) is 5.38. The standard InChI is InChI=1S/C27H31N7O3.C16H16N4O2.C11H16ClN3O/c1-33-7-9-34(10-8-33)27-25(35-2)14-21(17-29-27)32-26-15-23(30-18-31-26)19-3-4-24(20(13-19)16-28)37-22-5-11-36-12-6-22;17-9-12-7-11(14-8-16(18)20-10-19-14)1-2-15(12)22-13-3-5-21-6-4-13;1-14-3-5-15(6-4-14)11-10(16-2)7-9(12)8-13-11/h3-4,13-15,17-18,22H,5-12H2,1-2H3,(H,30,31,32);1-2,7-8,10,13H,3-6H2,(H2,18,19,20);7-8H,3-6H2,1-2H3. The number of likely N-dealkylation sites (N-methyl/N-ethyl adjacent to an activating group) is 2. The second-order valence-electron chi connectivity index (χ2n) is 18.3. The van der Waals surface area contributed by atoms with Crippen LogP contribution >= 0.6 is 11.6 Å². The highest BCUT2D eigenvalue weighted by Gasteiger charge is 2.23. The van der Waals surface area contributed by atoms with E-state index in [4.69, 9.17) is 45.8 Å². The van der Waals surface area contributed by atoms with Crippen molar-refractivity contribution in [2.75, 3.05) is 128 Å². The minimum absolute atomic E-state index is 0.0646. The van der Waals surface area contributed by atoms with Crippen molar-refractivity contribution in [3.05, 3.63) is 102 Å². The second-order valence-corrected chi connectivity index (χ2v) is 18.7. The monoisotopic (exact) mass is 1040 g/mol. The van der Waals surface area contributed by atoms with Crippen LogP contribution < -0.4 is 39.8 Å². The van der Waals surface area contributed by atoms with Crippen LogP contribution in [0.3, 0.4) is 0 Å². The molecule has 0 amide bonds. The Morgan fingerprint density at radius 2 is 1.07 bits per heavy atom. The van der Waals surface area contributed by atoms with Gasteiger partial charge in [0.25, 0.3) is 0 Å². The number of piperazine rings is 2. The van der Waals surface area contributed by atoms with Gasteiger partial charge in [-0.3, -0.25) is 0 Å². The summed E-state index contributed by atoms with van der Waals surface area (Å²) in [6.45, 7) is 10.6. The molecular formula is C54H63ClN14O6. The predicted octanol–water partition coefficient (Wildman–Crippen LogP) is 7.12. The Hall–Kier alpha value is -7.59. The molecule has 0 bridgehead atoms. The van der Waals surface area contributed by atoms with E-state index in [1.165, 1.54) is 12.7 Å². The average molecular weight is 1040 g/mol.